The fourth-order valence-electron chi connectivity index (χ4n) is 1.97. The van der Waals surface area contributed by atoms with E-state index in [4.69, 9.17) is 5.11 Å². The van der Waals surface area contributed by atoms with Crippen LogP contribution >= 0.6 is 11.8 Å². The molecule has 0 radical (unpaired) electrons. The number of aliphatic carboxylic acids is 1. The number of rotatable bonds is 2. The molecular formula is C12H14N2O3S. The third kappa shape index (κ3) is 2.33. The van der Waals surface area contributed by atoms with Crippen molar-refractivity contribution in [3.8, 4) is 0 Å². The Morgan fingerprint density at radius 1 is 1.56 bits per heavy atom. The number of aromatic nitrogens is 1. The van der Waals surface area contributed by atoms with Gasteiger partial charge in [-0.25, -0.2) is 4.79 Å². The standard InChI is InChI=1S/C12H14N2O3S/c1-7-5-9(3-4-13-7)11(15)14-8(2)18-6-10(14)12(16)17/h3-5,8,10H,6H2,1-2H3,(H,16,17). The molecule has 2 atom stereocenters. The Balaban J connectivity index is 2.29. The van der Waals surface area contributed by atoms with Gasteiger partial charge in [0, 0.05) is 23.2 Å². The summed E-state index contributed by atoms with van der Waals surface area (Å²) < 4.78 is 0. The molecular weight excluding hydrogens is 252 g/mol. The summed E-state index contributed by atoms with van der Waals surface area (Å²) >= 11 is 1.48. The number of hydrogen-bond donors (Lipinski definition) is 1. The summed E-state index contributed by atoms with van der Waals surface area (Å²) in [4.78, 5) is 28.9. The Kier molecular flexibility index (Phi) is 3.56. The van der Waals surface area contributed by atoms with Crippen LogP contribution in [-0.2, 0) is 4.79 Å². The number of thioether (sulfide) groups is 1. The van der Waals surface area contributed by atoms with Crippen LogP contribution in [0.25, 0.3) is 0 Å². The molecule has 18 heavy (non-hydrogen) atoms. The smallest absolute Gasteiger partial charge is 0.327 e. The molecule has 1 saturated heterocycles. The van der Waals surface area contributed by atoms with Gasteiger partial charge in [-0.3, -0.25) is 9.78 Å². The molecule has 0 spiro atoms. The molecule has 2 unspecified atom stereocenters. The van der Waals surface area contributed by atoms with Crippen molar-refractivity contribution in [2.75, 3.05) is 5.75 Å². The molecule has 2 rings (SSSR count). The van der Waals surface area contributed by atoms with Crippen LogP contribution in [0.5, 0.6) is 0 Å². The largest absolute Gasteiger partial charge is 0.480 e. The molecule has 1 aromatic heterocycles. The van der Waals surface area contributed by atoms with Crippen molar-refractivity contribution in [2.45, 2.75) is 25.3 Å². The lowest BCUT2D eigenvalue weighted by Gasteiger charge is -2.25. The number of aryl methyl sites for hydroxylation is 1. The molecule has 0 aliphatic carbocycles. The van der Waals surface area contributed by atoms with Crippen molar-refractivity contribution in [3.63, 3.8) is 0 Å². The van der Waals surface area contributed by atoms with Gasteiger partial charge in [-0.15, -0.1) is 11.8 Å². The topological polar surface area (TPSA) is 70.5 Å². The van der Waals surface area contributed by atoms with Gasteiger partial charge in [0.25, 0.3) is 5.91 Å². The maximum Gasteiger partial charge on any atom is 0.327 e. The minimum atomic E-state index is -0.953. The van der Waals surface area contributed by atoms with E-state index in [0.29, 0.717) is 11.3 Å². The highest BCUT2D eigenvalue weighted by Gasteiger charge is 2.39. The van der Waals surface area contributed by atoms with Crippen molar-refractivity contribution < 1.29 is 14.7 Å². The molecule has 6 heteroatoms. The molecule has 0 aromatic carbocycles. The first-order valence-corrected chi connectivity index (χ1v) is 6.65. The highest BCUT2D eigenvalue weighted by Crippen LogP contribution is 2.30. The van der Waals surface area contributed by atoms with Gasteiger partial charge in [0.05, 0.1) is 5.37 Å². The van der Waals surface area contributed by atoms with Crippen molar-refractivity contribution in [1.82, 2.24) is 9.88 Å². The van der Waals surface area contributed by atoms with Crippen molar-refractivity contribution in [3.05, 3.63) is 29.6 Å². The zero-order valence-corrected chi connectivity index (χ0v) is 11.0. The molecule has 1 N–H and O–H groups in total. The molecule has 1 amide bonds. The average Bonchev–Trinajstić information content (AvgIpc) is 2.70. The zero-order valence-electron chi connectivity index (χ0n) is 10.2. The highest BCUT2D eigenvalue weighted by molar-refractivity contribution is 8.00. The van der Waals surface area contributed by atoms with E-state index in [1.807, 2.05) is 6.92 Å². The monoisotopic (exact) mass is 266 g/mol. The van der Waals surface area contributed by atoms with E-state index in [1.54, 1.807) is 25.3 Å². The quantitative estimate of drug-likeness (QED) is 0.875. The summed E-state index contributed by atoms with van der Waals surface area (Å²) in [5.41, 5.74) is 1.23. The normalized spacial score (nSPS) is 23.1. The summed E-state index contributed by atoms with van der Waals surface area (Å²) in [5, 5.41) is 9.01. The summed E-state index contributed by atoms with van der Waals surface area (Å²) in [6.07, 6.45) is 1.56. The van der Waals surface area contributed by atoms with Gasteiger partial charge in [-0.2, -0.15) is 0 Å². The van der Waals surface area contributed by atoms with Crippen LogP contribution in [0.3, 0.4) is 0 Å². The van der Waals surface area contributed by atoms with Crippen molar-refractivity contribution >= 4 is 23.6 Å². The maximum absolute atomic E-state index is 12.3. The van der Waals surface area contributed by atoms with Crippen LogP contribution in [0, 0.1) is 6.92 Å². The number of carbonyl (C=O) groups excluding carboxylic acids is 1. The van der Waals surface area contributed by atoms with Crippen molar-refractivity contribution in [1.29, 1.82) is 0 Å². The fraction of sp³-hybridized carbons (Fsp3) is 0.417. The summed E-state index contributed by atoms with van der Waals surface area (Å²) in [5.74, 6) is -0.761. The van der Waals surface area contributed by atoms with Gasteiger partial charge in [-0.1, -0.05) is 0 Å². The van der Waals surface area contributed by atoms with Crippen molar-refractivity contribution in [2.24, 2.45) is 0 Å². The zero-order chi connectivity index (χ0) is 13.3. The molecule has 2 heterocycles. The third-order valence-corrected chi connectivity index (χ3v) is 4.10. The number of amides is 1. The summed E-state index contributed by atoms with van der Waals surface area (Å²) in [7, 11) is 0. The van der Waals surface area contributed by atoms with E-state index in [-0.39, 0.29) is 11.3 Å². The van der Waals surface area contributed by atoms with Crippen LogP contribution in [0.1, 0.15) is 23.0 Å². The molecule has 1 fully saturated rings. The van der Waals surface area contributed by atoms with E-state index < -0.39 is 12.0 Å². The number of hydrogen-bond acceptors (Lipinski definition) is 4. The summed E-state index contributed by atoms with van der Waals surface area (Å²) in [6.45, 7) is 3.65. The van der Waals surface area contributed by atoms with Gasteiger partial charge >= 0.3 is 5.97 Å². The Hall–Kier alpha value is -1.56. The van der Waals surface area contributed by atoms with Crippen LogP contribution in [0.4, 0.5) is 0 Å². The van der Waals surface area contributed by atoms with Gasteiger partial charge in [0.1, 0.15) is 6.04 Å². The molecule has 96 valence electrons. The van der Waals surface area contributed by atoms with E-state index in [9.17, 15) is 9.59 Å². The van der Waals surface area contributed by atoms with E-state index in [0.717, 1.165) is 5.69 Å². The van der Waals surface area contributed by atoms with Gasteiger partial charge in [0.2, 0.25) is 0 Å². The molecule has 0 bridgehead atoms. The SMILES string of the molecule is Cc1cc(C(=O)N2C(C)SCC2C(=O)O)ccn1. The third-order valence-electron chi connectivity index (χ3n) is 2.89. The van der Waals surface area contributed by atoms with Gasteiger partial charge < -0.3 is 10.0 Å². The maximum atomic E-state index is 12.3. The van der Waals surface area contributed by atoms with Crippen LogP contribution in [-0.4, -0.2) is 44.0 Å². The van der Waals surface area contributed by atoms with E-state index in [1.165, 1.54) is 16.7 Å². The minimum Gasteiger partial charge on any atom is -0.480 e. The second kappa shape index (κ2) is 4.97. The average molecular weight is 266 g/mol. The highest BCUT2D eigenvalue weighted by atomic mass is 32.2. The first-order chi connectivity index (χ1) is 8.50. The van der Waals surface area contributed by atoms with E-state index in [2.05, 4.69) is 4.98 Å². The number of carbonyl (C=O) groups is 2. The Morgan fingerprint density at radius 3 is 2.89 bits per heavy atom. The summed E-state index contributed by atoms with van der Waals surface area (Å²) in [6, 6.07) is 2.55. The van der Waals surface area contributed by atoms with Gasteiger partial charge in [-0.05, 0) is 26.0 Å². The fourth-order valence-corrected chi connectivity index (χ4v) is 3.14. The lowest BCUT2D eigenvalue weighted by molar-refractivity contribution is -0.141. The Labute approximate surface area is 109 Å². The first-order valence-electron chi connectivity index (χ1n) is 5.60. The predicted octanol–water partition coefficient (Wildman–Crippen LogP) is 1.38. The number of carboxylic acids is 1. The lowest BCUT2D eigenvalue weighted by Crippen LogP contribution is -2.44. The Bertz CT molecular complexity index is 492. The second-order valence-electron chi connectivity index (χ2n) is 4.18. The number of carboxylic acid groups (broad SMARTS) is 1. The van der Waals surface area contributed by atoms with Crippen LogP contribution < -0.4 is 0 Å². The number of nitrogens with zero attached hydrogens (tertiary/aromatic N) is 2. The molecule has 1 aliphatic heterocycles. The number of pyridine rings is 1. The molecule has 1 aromatic rings. The molecule has 0 saturated carbocycles. The molecule has 5 nitrogen and oxygen atoms in total. The Morgan fingerprint density at radius 2 is 2.28 bits per heavy atom. The van der Waals surface area contributed by atoms with Crippen LogP contribution in [0.15, 0.2) is 18.3 Å². The van der Waals surface area contributed by atoms with E-state index >= 15 is 0 Å². The first kappa shape index (κ1) is 12.9. The molecule has 1 aliphatic rings. The lowest BCUT2D eigenvalue weighted by atomic mass is 10.1. The minimum absolute atomic E-state index is 0.118. The predicted molar refractivity (Wildman–Crippen MR) is 68.5 cm³/mol. The van der Waals surface area contributed by atoms with Crippen LogP contribution in [0.2, 0.25) is 0 Å². The second-order valence-corrected chi connectivity index (χ2v) is 5.53. The van der Waals surface area contributed by atoms with Gasteiger partial charge in [0.15, 0.2) is 0 Å².